The quantitative estimate of drug-likeness (QED) is 0.746. The number of amides is 2. The molecule has 144 valence electrons. The summed E-state index contributed by atoms with van der Waals surface area (Å²) in [7, 11) is 0. The summed E-state index contributed by atoms with van der Waals surface area (Å²) < 4.78 is 1.07. The lowest BCUT2D eigenvalue weighted by Gasteiger charge is -2.39. The summed E-state index contributed by atoms with van der Waals surface area (Å²) in [5.41, 5.74) is 2.00. The highest BCUT2D eigenvalue weighted by Gasteiger charge is 2.27. The third kappa shape index (κ3) is 5.23. The minimum Gasteiger partial charge on any atom is -0.325 e. The van der Waals surface area contributed by atoms with Gasteiger partial charge in [0.05, 0.1) is 0 Å². The van der Waals surface area contributed by atoms with Gasteiger partial charge in [0.25, 0.3) is 0 Å². The first-order valence-electron chi connectivity index (χ1n) is 9.95. The number of carbonyl (C=O) groups excluding carboxylic acids is 1. The molecular weight excluding hydrogens is 390 g/mol. The van der Waals surface area contributed by atoms with Crippen LogP contribution in [-0.2, 0) is 0 Å². The summed E-state index contributed by atoms with van der Waals surface area (Å²) >= 11 is 3.50. The fourth-order valence-electron chi connectivity index (χ4n) is 4.55. The zero-order chi connectivity index (χ0) is 18.7. The molecule has 0 bridgehead atoms. The van der Waals surface area contributed by atoms with Crippen LogP contribution in [-0.4, -0.2) is 48.6 Å². The monoisotopic (exact) mass is 421 g/mol. The predicted octanol–water partition coefficient (Wildman–Crippen LogP) is 4.98. The SMILES string of the molecule is Cc1cc(NC(=O)N2CCC(CN3C[C@H](C)C[C@@H](C)C3)CC2)ccc1Br. The van der Waals surface area contributed by atoms with Gasteiger partial charge in [-0.15, -0.1) is 0 Å². The average molecular weight is 422 g/mol. The van der Waals surface area contributed by atoms with Gasteiger partial charge in [0.15, 0.2) is 0 Å². The Bertz CT molecular complexity index is 618. The zero-order valence-corrected chi connectivity index (χ0v) is 17.9. The zero-order valence-electron chi connectivity index (χ0n) is 16.3. The molecule has 2 fully saturated rings. The van der Waals surface area contributed by atoms with Crippen LogP contribution in [0.15, 0.2) is 22.7 Å². The van der Waals surface area contributed by atoms with E-state index in [1.807, 2.05) is 30.0 Å². The molecule has 2 heterocycles. The second kappa shape index (κ2) is 8.75. The Hall–Kier alpha value is -1.07. The normalized spacial score (nSPS) is 25.3. The summed E-state index contributed by atoms with van der Waals surface area (Å²) in [5.74, 6) is 2.37. The number of aryl methyl sites for hydroxylation is 1. The topological polar surface area (TPSA) is 35.6 Å². The molecule has 26 heavy (non-hydrogen) atoms. The van der Waals surface area contributed by atoms with Crippen LogP contribution in [0.2, 0.25) is 0 Å². The molecule has 2 saturated heterocycles. The number of piperidine rings is 2. The van der Waals surface area contributed by atoms with Crippen molar-refractivity contribution in [1.82, 2.24) is 9.80 Å². The number of benzene rings is 1. The van der Waals surface area contributed by atoms with E-state index in [1.165, 1.54) is 26.1 Å². The number of hydrogen-bond acceptors (Lipinski definition) is 2. The molecule has 2 amide bonds. The Kier molecular flexibility index (Phi) is 6.62. The molecule has 1 aromatic carbocycles. The van der Waals surface area contributed by atoms with E-state index in [-0.39, 0.29) is 6.03 Å². The summed E-state index contributed by atoms with van der Waals surface area (Å²) in [6.45, 7) is 12.2. The van der Waals surface area contributed by atoms with Crippen LogP contribution in [0, 0.1) is 24.7 Å². The lowest BCUT2D eigenvalue weighted by atomic mass is 9.89. The second-order valence-corrected chi connectivity index (χ2v) is 9.34. The highest BCUT2D eigenvalue weighted by Crippen LogP contribution is 2.25. The molecule has 3 rings (SSSR count). The van der Waals surface area contributed by atoms with Gasteiger partial charge in [0.2, 0.25) is 0 Å². The van der Waals surface area contributed by atoms with E-state index in [0.29, 0.717) is 0 Å². The number of carbonyl (C=O) groups is 1. The third-order valence-electron chi connectivity index (χ3n) is 5.77. The molecular formula is C21H32BrN3O. The first-order chi connectivity index (χ1) is 12.4. The van der Waals surface area contributed by atoms with E-state index in [9.17, 15) is 4.79 Å². The van der Waals surface area contributed by atoms with Crippen molar-refractivity contribution >= 4 is 27.6 Å². The third-order valence-corrected chi connectivity index (χ3v) is 6.66. The van der Waals surface area contributed by atoms with Crippen LogP contribution in [0.5, 0.6) is 0 Å². The van der Waals surface area contributed by atoms with Crippen LogP contribution < -0.4 is 5.32 Å². The summed E-state index contributed by atoms with van der Waals surface area (Å²) in [6, 6.07) is 5.97. The Balaban J connectivity index is 1.45. The molecule has 5 heteroatoms. The van der Waals surface area contributed by atoms with Crippen molar-refractivity contribution in [3.8, 4) is 0 Å². The Morgan fingerprint density at radius 2 is 1.85 bits per heavy atom. The van der Waals surface area contributed by atoms with Gasteiger partial charge in [0.1, 0.15) is 0 Å². The maximum absolute atomic E-state index is 12.5. The van der Waals surface area contributed by atoms with Crippen molar-refractivity contribution in [1.29, 1.82) is 0 Å². The van der Waals surface area contributed by atoms with E-state index >= 15 is 0 Å². The highest BCUT2D eigenvalue weighted by molar-refractivity contribution is 9.10. The number of urea groups is 1. The maximum Gasteiger partial charge on any atom is 0.321 e. The number of halogens is 1. The molecule has 2 aliphatic rings. The molecule has 0 aliphatic carbocycles. The van der Waals surface area contributed by atoms with Crippen LogP contribution in [0.3, 0.4) is 0 Å². The molecule has 0 radical (unpaired) electrons. The molecule has 1 aromatic rings. The number of rotatable bonds is 3. The smallest absolute Gasteiger partial charge is 0.321 e. The molecule has 4 nitrogen and oxygen atoms in total. The van der Waals surface area contributed by atoms with E-state index in [1.54, 1.807) is 0 Å². The van der Waals surface area contributed by atoms with E-state index in [2.05, 4.69) is 40.0 Å². The van der Waals surface area contributed by atoms with Gasteiger partial charge in [-0.2, -0.15) is 0 Å². The van der Waals surface area contributed by atoms with Gasteiger partial charge in [-0.25, -0.2) is 4.79 Å². The minimum absolute atomic E-state index is 0.0328. The van der Waals surface area contributed by atoms with Crippen LogP contribution >= 0.6 is 15.9 Å². The number of hydrogen-bond donors (Lipinski definition) is 1. The van der Waals surface area contributed by atoms with Gasteiger partial charge >= 0.3 is 6.03 Å². The summed E-state index contributed by atoms with van der Waals surface area (Å²) in [6.07, 6.45) is 3.60. The molecule has 0 saturated carbocycles. The predicted molar refractivity (Wildman–Crippen MR) is 112 cm³/mol. The van der Waals surface area contributed by atoms with Crippen molar-refractivity contribution in [2.45, 2.75) is 40.0 Å². The lowest BCUT2D eigenvalue weighted by Crippen LogP contribution is -2.46. The summed E-state index contributed by atoms with van der Waals surface area (Å²) in [5, 5.41) is 3.04. The molecule has 2 aliphatic heterocycles. The van der Waals surface area contributed by atoms with Crippen molar-refractivity contribution in [2.75, 3.05) is 38.0 Å². The van der Waals surface area contributed by atoms with Crippen molar-refractivity contribution in [3.05, 3.63) is 28.2 Å². The first-order valence-corrected chi connectivity index (χ1v) is 10.7. The summed E-state index contributed by atoms with van der Waals surface area (Å²) in [4.78, 5) is 17.2. The van der Waals surface area contributed by atoms with Gasteiger partial charge in [-0.3, -0.25) is 0 Å². The fraction of sp³-hybridized carbons (Fsp3) is 0.667. The number of likely N-dealkylation sites (tertiary alicyclic amines) is 2. The van der Waals surface area contributed by atoms with Gasteiger partial charge in [-0.1, -0.05) is 29.8 Å². The first kappa shape index (κ1) is 19.7. The van der Waals surface area contributed by atoms with Gasteiger partial charge in [-0.05, 0) is 67.7 Å². The Labute approximate surface area is 166 Å². The molecule has 1 N–H and O–H groups in total. The van der Waals surface area contributed by atoms with E-state index in [0.717, 1.165) is 59.4 Å². The van der Waals surface area contributed by atoms with E-state index in [4.69, 9.17) is 0 Å². The van der Waals surface area contributed by atoms with Crippen LogP contribution in [0.25, 0.3) is 0 Å². The standard InChI is InChI=1S/C21H32BrN3O/c1-15-10-16(2)13-24(12-15)14-18-6-8-25(9-7-18)21(26)23-19-4-5-20(22)17(3)11-19/h4-5,11,15-16,18H,6-10,12-14H2,1-3H3,(H,23,26)/t15-,16-/m1/s1. The highest BCUT2D eigenvalue weighted by atomic mass is 79.9. The van der Waals surface area contributed by atoms with Crippen LogP contribution in [0.4, 0.5) is 10.5 Å². The Morgan fingerprint density at radius 1 is 1.19 bits per heavy atom. The maximum atomic E-state index is 12.5. The molecule has 0 spiro atoms. The molecule has 2 atom stereocenters. The molecule has 0 aromatic heterocycles. The van der Waals surface area contributed by atoms with Gasteiger partial charge < -0.3 is 15.1 Å². The minimum atomic E-state index is 0.0328. The molecule has 0 unspecified atom stereocenters. The Morgan fingerprint density at radius 3 is 2.46 bits per heavy atom. The van der Waals surface area contributed by atoms with Crippen LogP contribution in [0.1, 0.15) is 38.7 Å². The van der Waals surface area contributed by atoms with E-state index < -0.39 is 0 Å². The largest absolute Gasteiger partial charge is 0.325 e. The lowest BCUT2D eigenvalue weighted by molar-refractivity contribution is 0.101. The van der Waals surface area contributed by atoms with Crippen molar-refractivity contribution in [2.24, 2.45) is 17.8 Å². The fourth-order valence-corrected chi connectivity index (χ4v) is 4.80. The number of anilines is 1. The average Bonchev–Trinajstić information content (AvgIpc) is 2.58. The number of nitrogens with one attached hydrogen (secondary N) is 1. The second-order valence-electron chi connectivity index (χ2n) is 8.49. The van der Waals surface area contributed by atoms with Gasteiger partial charge in [0, 0.05) is 42.9 Å². The number of nitrogens with zero attached hydrogens (tertiary/aromatic N) is 2. The van der Waals surface area contributed by atoms with Crippen molar-refractivity contribution < 1.29 is 4.79 Å². The van der Waals surface area contributed by atoms with Crippen molar-refractivity contribution in [3.63, 3.8) is 0 Å².